The van der Waals surface area contributed by atoms with Gasteiger partial charge in [-0.05, 0) is 20.8 Å². The van der Waals surface area contributed by atoms with E-state index < -0.39 is 29.2 Å². The summed E-state index contributed by atoms with van der Waals surface area (Å²) in [6.45, 7) is 3.50. The van der Waals surface area contributed by atoms with Crippen LogP contribution >= 0.6 is 0 Å². The molecule has 0 aliphatic rings. The number of carboxylic acid groups (broad SMARTS) is 1. The van der Waals surface area contributed by atoms with Crippen molar-refractivity contribution < 1.29 is 15.0 Å². The Morgan fingerprint density at radius 1 is 1.35 bits per heavy atom. The first-order valence-electron chi connectivity index (χ1n) is 4.93. The van der Waals surface area contributed by atoms with Crippen molar-refractivity contribution in [2.45, 2.75) is 32.9 Å². The normalized spacial score (nSPS) is 14.4. The molecule has 1 unspecified atom stereocenters. The Kier molecular flexibility index (Phi) is 3.23. The molecule has 0 saturated heterocycles. The number of carboxylic acids is 1. The quantitative estimate of drug-likeness (QED) is 0.628. The van der Waals surface area contributed by atoms with E-state index in [2.05, 4.69) is 5.10 Å². The number of rotatable bonds is 3. The van der Waals surface area contributed by atoms with E-state index in [0.29, 0.717) is 0 Å². The van der Waals surface area contributed by atoms with Gasteiger partial charge in [-0.1, -0.05) is 0 Å². The minimum absolute atomic E-state index is 0.231. The average molecular weight is 242 g/mol. The van der Waals surface area contributed by atoms with Crippen LogP contribution in [-0.2, 0) is 11.3 Å². The fourth-order valence-electron chi connectivity index (χ4n) is 1.28. The number of carbonyl (C=O) groups is 1. The second-order valence-electron chi connectivity index (χ2n) is 4.16. The third-order valence-corrected chi connectivity index (χ3v) is 2.63. The van der Waals surface area contributed by atoms with E-state index in [-0.39, 0.29) is 11.1 Å². The molecular weight excluding hydrogens is 228 g/mol. The van der Waals surface area contributed by atoms with Crippen molar-refractivity contribution in [3.05, 3.63) is 31.8 Å². The summed E-state index contributed by atoms with van der Waals surface area (Å²) in [5, 5.41) is 20.5. The van der Waals surface area contributed by atoms with E-state index in [0.717, 1.165) is 11.6 Å². The summed E-state index contributed by atoms with van der Waals surface area (Å²) in [6.07, 6.45) is 0. The van der Waals surface area contributed by atoms with Crippen molar-refractivity contribution >= 4 is 5.97 Å². The van der Waals surface area contributed by atoms with Gasteiger partial charge in [-0.15, -0.1) is 0 Å². The first kappa shape index (κ1) is 13.2. The van der Waals surface area contributed by atoms with E-state index in [1.54, 1.807) is 0 Å². The minimum atomic E-state index is -2.12. The van der Waals surface area contributed by atoms with E-state index in [4.69, 9.17) is 5.11 Å². The highest BCUT2D eigenvalue weighted by molar-refractivity contribution is 5.76. The van der Waals surface area contributed by atoms with E-state index in [1.165, 1.54) is 13.8 Å². The van der Waals surface area contributed by atoms with Crippen LogP contribution in [0.2, 0.25) is 0 Å². The first-order valence-corrected chi connectivity index (χ1v) is 4.93. The van der Waals surface area contributed by atoms with Gasteiger partial charge in [0, 0.05) is 11.1 Å². The molecule has 1 rings (SSSR count). The first-order chi connectivity index (χ1) is 7.66. The lowest BCUT2D eigenvalue weighted by atomic mass is 10.1. The summed E-state index contributed by atoms with van der Waals surface area (Å²) < 4.78 is 0.804. The van der Waals surface area contributed by atoms with Crippen LogP contribution in [0.5, 0.6) is 0 Å². The fourth-order valence-corrected chi connectivity index (χ4v) is 1.28. The zero-order chi connectivity index (χ0) is 13.4. The number of aromatic nitrogens is 2. The molecule has 0 fully saturated rings. The van der Waals surface area contributed by atoms with Crippen LogP contribution in [0.25, 0.3) is 0 Å². The fraction of sp³-hybridized carbons (Fsp3) is 0.500. The molecule has 0 bridgehead atoms. The average Bonchev–Trinajstić information content (AvgIpc) is 2.22. The zero-order valence-corrected chi connectivity index (χ0v) is 9.77. The summed E-state index contributed by atoms with van der Waals surface area (Å²) in [5.41, 5.74) is -2.61. The summed E-state index contributed by atoms with van der Waals surface area (Å²) in [5.74, 6) is -1.47. The molecule has 7 nitrogen and oxygen atoms in total. The number of H-pyrrole nitrogens is 1. The third-order valence-electron chi connectivity index (χ3n) is 2.63. The van der Waals surface area contributed by atoms with Crippen LogP contribution < -0.4 is 11.1 Å². The lowest BCUT2D eigenvalue weighted by Gasteiger charge is -2.19. The molecule has 1 atom stereocenters. The molecule has 1 aromatic rings. The van der Waals surface area contributed by atoms with Crippen LogP contribution in [0.15, 0.2) is 9.59 Å². The van der Waals surface area contributed by atoms with Crippen LogP contribution in [0.1, 0.15) is 18.1 Å². The van der Waals surface area contributed by atoms with Gasteiger partial charge in [-0.2, -0.15) is 0 Å². The molecule has 0 radical (unpaired) electrons. The van der Waals surface area contributed by atoms with Gasteiger partial charge in [-0.3, -0.25) is 14.7 Å². The summed E-state index contributed by atoms with van der Waals surface area (Å²) in [7, 11) is 0. The Morgan fingerprint density at radius 2 is 1.88 bits per heavy atom. The molecule has 0 aliphatic heterocycles. The van der Waals surface area contributed by atoms with Gasteiger partial charge in [0.1, 0.15) is 0 Å². The van der Waals surface area contributed by atoms with Crippen LogP contribution in [0, 0.1) is 13.8 Å². The Balaban J connectivity index is 3.32. The number of aliphatic carboxylic acids is 1. The molecule has 0 aromatic carbocycles. The second kappa shape index (κ2) is 4.17. The Bertz CT molecular complexity index is 567. The van der Waals surface area contributed by atoms with E-state index in [1.807, 2.05) is 0 Å². The number of aliphatic hydroxyl groups is 1. The Labute approximate surface area is 96.3 Å². The monoisotopic (exact) mass is 242 g/mol. The van der Waals surface area contributed by atoms with Gasteiger partial charge in [0.05, 0.1) is 6.54 Å². The predicted octanol–water partition coefficient (Wildman–Crippen LogP) is -1.01. The highest BCUT2D eigenvalue weighted by Gasteiger charge is 2.31. The van der Waals surface area contributed by atoms with Gasteiger partial charge >= 0.3 is 5.97 Å². The van der Waals surface area contributed by atoms with Crippen molar-refractivity contribution in [2.24, 2.45) is 0 Å². The van der Waals surface area contributed by atoms with Crippen LogP contribution in [-0.4, -0.2) is 31.6 Å². The van der Waals surface area contributed by atoms with Crippen molar-refractivity contribution in [1.82, 2.24) is 9.78 Å². The van der Waals surface area contributed by atoms with E-state index >= 15 is 0 Å². The zero-order valence-electron chi connectivity index (χ0n) is 9.77. The molecule has 17 heavy (non-hydrogen) atoms. The second-order valence-corrected chi connectivity index (χ2v) is 4.16. The lowest BCUT2D eigenvalue weighted by Crippen LogP contribution is -2.45. The molecule has 0 aliphatic carbocycles. The van der Waals surface area contributed by atoms with E-state index in [9.17, 15) is 19.5 Å². The van der Waals surface area contributed by atoms with Crippen molar-refractivity contribution in [3.8, 4) is 0 Å². The molecule has 0 spiro atoms. The van der Waals surface area contributed by atoms with Crippen molar-refractivity contribution in [3.63, 3.8) is 0 Å². The smallest absolute Gasteiger partial charge is 0.337 e. The summed E-state index contributed by atoms with van der Waals surface area (Å²) >= 11 is 0. The van der Waals surface area contributed by atoms with Crippen molar-refractivity contribution in [1.29, 1.82) is 0 Å². The molecule has 1 heterocycles. The number of hydrogen-bond acceptors (Lipinski definition) is 4. The highest BCUT2D eigenvalue weighted by atomic mass is 16.4. The summed E-state index contributed by atoms with van der Waals surface area (Å²) in [6, 6.07) is 0. The lowest BCUT2D eigenvalue weighted by molar-refractivity contribution is -0.158. The molecule has 0 saturated carbocycles. The molecule has 3 N–H and O–H groups in total. The minimum Gasteiger partial charge on any atom is -0.479 e. The molecular formula is C10H14N2O5. The summed E-state index contributed by atoms with van der Waals surface area (Å²) in [4.78, 5) is 33.9. The van der Waals surface area contributed by atoms with Crippen LogP contribution in [0.3, 0.4) is 0 Å². The van der Waals surface area contributed by atoms with Gasteiger partial charge in [0.2, 0.25) is 0 Å². The molecule has 7 heteroatoms. The van der Waals surface area contributed by atoms with Gasteiger partial charge < -0.3 is 10.2 Å². The molecule has 94 valence electrons. The number of nitrogens with one attached hydrogen (secondary N) is 1. The maximum atomic E-state index is 11.7. The van der Waals surface area contributed by atoms with Crippen LogP contribution in [0.4, 0.5) is 0 Å². The third kappa shape index (κ3) is 2.44. The van der Waals surface area contributed by atoms with Gasteiger partial charge in [-0.25, -0.2) is 9.48 Å². The number of hydrogen-bond donors (Lipinski definition) is 3. The SMILES string of the molecule is Cc1c(C)c(=O)n(CC(C)(O)C(=O)O)[nH]c1=O. The predicted molar refractivity (Wildman–Crippen MR) is 59.1 cm³/mol. The standard InChI is InChI=1S/C10H14N2O5/c1-5-6(2)8(14)12(11-7(5)13)4-10(3,17)9(15)16/h17H,4H2,1-3H3,(H,11,13)(H,15,16). The number of nitrogens with zero attached hydrogens (tertiary/aromatic N) is 1. The largest absolute Gasteiger partial charge is 0.479 e. The molecule has 0 amide bonds. The Morgan fingerprint density at radius 3 is 2.35 bits per heavy atom. The maximum absolute atomic E-state index is 11.7. The van der Waals surface area contributed by atoms with Gasteiger partial charge in [0.15, 0.2) is 5.60 Å². The van der Waals surface area contributed by atoms with Gasteiger partial charge in [0.25, 0.3) is 11.1 Å². The molecule has 1 aromatic heterocycles. The van der Waals surface area contributed by atoms with Crippen molar-refractivity contribution in [2.75, 3.05) is 0 Å². The highest BCUT2D eigenvalue weighted by Crippen LogP contribution is 2.05. The topological polar surface area (TPSA) is 112 Å². The maximum Gasteiger partial charge on any atom is 0.337 e. The number of aromatic amines is 1. The Hall–Kier alpha value is -1.89.